The molecule has 80 valence electrons. The second kappa shape index (κ2) is 5.42. The molecule has 2 heteroatoms. The van der Waals surface area contributed by atoms with E-state index in [0.29, 0.717) is 0 Å². The molecule has 0 aliphatic carbocycles. The van der Waals surface area contributed by atoms with Crippen molar-refractivity contribution < 1.29 is 4.11 Å². The van der Waals surface area contributed by atoms with Gasteiger partial charge in [0.15, 0.2) is 0 Å². The van der Waals surface area contributed by atoms with E-state index < -0.39 is 9.85 Å². The molecule has 0 radical (unpaired) electrons. The molecule has 2 aromatic carbocycles. The van der Waals surface area contributed by atoms with Crippen molar-refractivity contribution in [1.29, 1.82) is 0 Å². The molecule has 0 fully saturated rings. The summed E-state index contributed by atoms with van der Waals surface area (Å²) in [5.41, 5.74) is 4.93. The maximum absolute atomic E-state index is 12.7. The highest BCUT2D eigenvalue weighted by molar-refractivity contribution is 6.36. The highest BCUT2D eigenvalue weighted by Crippen LogP contribution is 2.22. The number of rotatable bonds is 3. The standard InChI is InChI=1S/C14H13FSi/c15-16-11-14(12-7-3-1-4-8-12)13-9-5-2-6-10-13/h1-11H,16H2. The smallest absolute Gasteiger partial charge is 0.241 e. The van der Waals surface area contributed by atoms with E-state index in [2.05, 4.69) is 0 Å². The Labute approximate surface area is 97.4 Å². The van der Waals surface area contributed by atoms with Crippen LogP contribution in [0.3, 0.4) is 0 Å². The minimum Gasteiger partial charge on any atom is -0.317 e. The third kappa shape index (κ3) is 2.47. The van der Waals surface area contributed by atoms with Gasteiger partial charge in [0, 0.05) is 0 Å². The lowest BCUT2D eigenvalue weighted by molar-refractivity contribution is 0.884. The molecule has 0 N–H and O–H groups in total. The molecule has 0 aliphatic rings. The Balaban J connectivity index is 2.44. The van der Waals surface area contributed by atoms with E-state index in [1.165, 1.54) is 0 Å². The largest absolute Gasteiger partial charge is 0.317 e. The van der Waals surface area contributed by atoms with Crippen LogP contribution in [0.5, 0.6) is 0 Å². The van der Waals surface area contributed by atoms with Crippen LogP contribution in [0.4, 0.5) is 4.11 Å². The van der Waals surface area contributed by atoms with Crippen LogP contribution in [0, 0.1) is 0 Å². The van der Waals surface area contributed by atoms with E-state index in [0.717, 1.165) is 16.7 Å². The normalized spacial score (nSPS) is 10.6. The third-order valence-electron chi connectivity index (χ3n) is 2.45. The molecule has 16 heavy (non-hydrogen) atoms. The zero-order valence-electron chi connectivity index (χ0n) is 8.94. The molecular formula is C14H13FSi. The van der Waals surface area contributed by atoms with Crippen molar-refractivity contribution in [2.45, 2.75) is 0 Å². The second-order valence-electron chi connectivity index (χ2n) is 3.50. The zero-order valence-corrected chi connectivity index (χ0v) is 10.4. The van der Waals surface area contributed by atoms with Gasteiger partial charge in [0.25, 0.3) is 0 Å². The Morgan fingerprint density at radius 1 is 0.812 bits per heavy atom. The molecule has 0 aliphatic heterocycles. The van der Waals surface area contributed by atoms with Gasteiger partial charge < -0.3 is 4.11 Å². The van der Waals surface area contributed by atoms with Gasteiger partial charge in [0.1, 0.15) is 0 Å². The Morgan fingerprint density at radius 3 is 1.62 bits per heavy atom. The monoisotopic (exact) mass is 228 g/mol. The Bertz CT molecular complexity index is 421. The summed E-state index contributed by atoms with van der Waals surface area (Å²) in [7, 11) is -1.58. The van der Waals surface area contributed by atoms with E-state index in [-0.39, 0.29) is 0 Å². The van der Waals surface area contributed by atoms with Crippen molar-refractivity contribution in [2.24, 2.45) is 0 Å². The molecule has 0 aromatic heterocycles. The van der Waals surface area contributed by atoms with Gasteiger partial charge in [-0.1, -0.05) is 66.4 Å². The molecular weight excluding hydrogens is 215 g/mol. The van der Waals surface area contributed by atoms with Gasteiger partial charge in [0.2, 0.25) is 9.85 Å². The molecule has 0 atom stereocenters. The highest BCUT2D eigenvalue weighted by Gasteiger charge is 2.03. The molecule has 0 heterocycles. The summed E-state index contributed by atoms with van der Waals surface area (Å²) in [5, 5.41) is 0. The summed E-state index contributed by atoms with van der Waals surface area (Å²) in [6.07, 6.45) is 0. The fourth-order valence-corrected chi connectivity index (χ4v) is 2.34. The summed E-state index contributed by atoms with van der Waals surface area (Å²) in [6.45, 7) is 0. The van der Waals surface area contributed by atoms with Crippen molar-refractivity contribution in [3.8, 4) is 0 Å². The van der Waals surface area contributed by atoms with Crippen LogP contribution in [0.25, 0.3) is 5.57 Å². The van der Waals surface area contributed by atoms with Gasteiger partial charge in [-0.2, -0.15) is 0 Å². The van der Waals surface area contributed by atoms with Crippen molar-refractivity contribution >= 4 is 15.4 Å². The van der Waals surface area contributed by atoms with Crippen LogP contribution < -0.4 is 0 Å². The SMILES string of the molecule is F[SiH2]C=C(c1ccccc1)c1ccccc1. The van der Waals surface area contributed by atoms with Gasteiger partial charge in [-0.15, -0.1) is 0 Å². The Hall–Kier alpha value is -1.67. The molecule has 0 bridgehead atoms. The topological polar surface area (TPSA) is 0 Å². The van der Waals surface area contributed by atoms with Gasteiger partial charge >= 0.3 is 0 Å². The number of hydrogen-bond donors (Lipinski definition) is 0. The second-order valence-corrected chi connectivity index (χ2v) is 4.22. The van der Waals surface area contributed by atoms with Crippen molar-refractivity contribution in [3.63, 3.8) is 0 Å². The van der Waals surface area contributed by atoms with E-state index in [9.17, 15) is 4.11 Å². The van der Waals surface area contributed by atoms with Crippen LogP contribution >= 0.6 is 0 Å². The molecule has 0 spiro atoms. The number of benzene rings is 2. The lowest BCUT2D eigenvalue weighted by Crippen LogP contribution is -1.89. The highest BCUT2D eigenvalue weighted by atomic mass is 28.3. The predicted molar refractivity (Wildman–Crippen MR) is 69.6 cm³/mol. The van der Waals surface area contributed by atoms with Crippen molar-refractivity contribution in [3.05, 3.63) is 77.5 Å². The first-order valence-corrected chi connectivity index (χ1v) is 6.64. The van der Waals surface area contributed by atoms with Gasteiger partial charge in [0.05, 0.1) is 0 Å². The van der Waals surface area contributed by atoms with E-state index in [4.69, 9.17) is 0 Å². The number of halogens is 1. The third-order valence-corrected chi connectivity index (χ3v) is 3.01. The number of hydrogen-bond acceptors (Lipinski definition) is 0. The molecule has 0 unspecified atom stereocenters. The fourth-order valence-electron chi connectivity index (χ4n) is 1.71. The average Bonchev–Trinajstić information content (AvgIpc) is 2.38. The minimum absolute atomic E-state index is 1.01. The average molecular weight is 228 g/mol. The first-order valence-electron chi connectivity index (χ1n) is 5.29. The fraction of sp³-hybridized carbons (Fsp3) is 0. The van der Waals surface area contributed by atoms with Crippen LogP contribution in [-0.4, -0.2) is 9.85 Å². The Kier molecular flexibility index (Phi) is 3.67. The zero-order chi connectivity index (χ0) is 11.2. The van der Waals surface area contributed by atoms with Crippen LogP contribution in [-0.2, 0) is 0 Å². The van der Waals surface area contributed by atoms with Crippen molar-refractivity contribution in [1.82, 2.24) is 0 Å². The molecule has 0 amide bonds. The van der Waals surface area contributed by atoms with Crippen molar-refractivity contribution in [2.75, 3.05) is 0 Å². The van der Waals surface area contributed by atoms with Gasteiger partial charge in [-0.25, -0.2) is 0 Å². The van der Waals surface area contributed by atoms with Gasteiger partial charge in [-0.3, -0.25) is 0 Å². The summed E-state index contributed by atoms with van der Waals surface area (Å²) in [4.78, 5) is 0. The van der Waals surface area contributed by atoms with E-state index in [1.807, 2.05) is 60.7 Å². The van der Waals surface area contributed by atoms with E-state index in [1.54, 1.807) is 5.70 Å². The molecule has 0 saturated heterocycles. The molecule has 0 nitrogen and oxygen atoms in total. The lowest BCUT2D eigenvalue weighted by Gasteiger charge is -2.07. The van der Waals surface area contributed by atoms with Crippen LogP contribution in [0.15, 0.2) is 66.4 Å². The van der Waals surface area contributed by atoms with Gasteiger partial charge in [-0.05, 0) is 16.7 Å². The van der Waals surface area contributed by atoms with Crippen LogP contribution in [0.2, 0.25) is 0 Å². The van der Waals surface area contributed by atoms with Crippen LogP contribution in [0.1, 0.15) is 11.1 Å². The predicted octanol–water partition coefficient (Wildman–Crippen LogP) is 3.13. The quantitative estimate of drug-likeness (QED) is 0.559. The first-order chi connectivity index (χ1) is 7.92. The minimum atomic E-state index is -1.58. The molecule has 2 rings (SSSR count). The maximum Gasteiger partial charge on any atom is 0.241 e. The maximum atomic E-state index is 12.7. The summed E-state index contributed by atoms with van der Waals surface area (Å²) in [6, 6.07) is 19.9. The summed E-state index contributed by atoms with van der Waals surface area (Å²) >= 11 is 0. The Morgan fingerprint density at radius 2 is 1.25 bits per heavy atom. The molecule has 2 aromatic rings. The van der Waals surface area contributed by atoms with E-state index >= 15 is 0 Å². The first kappa shape index (κ1) is 10.8. The summed E-state index contributed by atoms with van der Waals surface area (Å²) in [5.74, 6) is 0. The molecule has 0 saturated carbocycles. The summed E-state index contributed by atoms with van der Waals surface area (Å²) < 4.78 is 12.7. The lowest BCUT2D eigenvalue weighted by atomic mass is 10.00.